The van der Waals surface area contributed by atoms with E-state index in [2.05, 4.69) is 4.72 Å². The Hall–Kier alpha value is -2.32. The monoisotopic (exact) mass is 373 g/mol. The van der Waals surface area contributed by atoms with Gasteiger partial charge in [0.15, 0.2) is 0 Å². The first kappa shape index (κ1) is 18.0. The number of nitrogens with one attached hydrogen (secondary N) is 1. The Kier molecular flexibility index (Phi) is 5.30. The number of carbonyl (C=O) groups is 1. The fourth-order valence-corrected chi connectivity index (χ4v) is 3.37. The summed E-state index contributed by atoms with van der Waals surface area (Å²) in [6.07, 6.45) is -0.345. The van der Waals surface area contributed by atoms with E-state index in [0.29, 0.717) is 0 Å². The topological polar surface area (TPSA) is 92.7 Å². The Balaban J connectivity index is 2.43. The highest BCUT2D eigenvalue weighted by atomic mass is 35.5. The summed E-state index contributed by atoms with van der Waals surface area (Å²) in [5.41, 5.74) is 0.258. The van der Waals surface area contributed by atoms with Crippen LogP contribution in [-0.4, -0.2) is 26.6 Å². The van der Waals surface area contributed by atoms with Crippen LogP contribution in [0, 0.1) is 5.82 Å². The van der Waals surface area contributed by atoms with Gasteiger partial charge in [-0.15, -0.1) is 0 Å². The van der Waals surface area contributed by atoms with Crippen LogP contribution in [0.3, 0.4) is 0 Å². The summed E-state index contributed by atoms with van der Waals surface area (Å²) in [7, 11) is -2.84. The lowest BCUT2D eigenvalue weighted by molar-refractivity contribution is -0.136. The molecule has 0 spiro atoms. The first-order valence-electron chi connectivity index (χ1n) is 6.59. The number of carboxylic acids is 1. The van der Waals surface area contributed by atoms with E-state index in [1.165, 1.54) is 37.4 Å². The zero-order valence-corrected chi connectivity index (χ0v) is 14.0. The molecule has 2 N–H and O–H groups in total. The minimum absolute atomic E-state index is 0.0254. The van der Waals surface area contributed by atoms with Crippen molar-refractivity contribution in [2.45, 2.75) is 11.3 Å². The standard InChI is InChI=1S/C15H13ClFNO5S/c1-23-13-5-2-9(7-15(19)20)6-14(13)24(21,22)18-10-3-4-11(16)12(17)8-10/h2-6,8,18H,7H2,1H3,(H,19,20). The number of methoxy groups -OCH3 is 1. The van der Waals surface area contributed by atoms with Crippen molar-refractivity contribution in [3.63, 3.8) is 0 Å². The second-order valence-electron chi connectivity index (χ2n) is 4.79. The SMILES string of the molecule is COc1ccc(CC(=O)O)cc1S(=O)(=O)Nc1ccc(Cl)c(F)c1. The molecule has 0 unspecified atom stereocenters. The van der Waals surface area contributed by atoms with Crippen molar-refractivity contribution in [1.29, 1.82) is 0 Å². The molecule has 9 heteroatoms. The minimum Gasteiger partial charge on any atom is -0.495 e. The Bertz CT molecular complexity index is 885. The van der Waals surface area contributed by atoms with E-state index in [0.717, 1.165) is 6.07 Å². The van der Waals surface area contributed by atoms with Crippen LogP contribution in [0.25, 0.3) is 0 Å². The number of sulfonamides is 1. The quantitative estimate of drug-likeness (QED) is 0.812. The van der Waals surface area contributed by atoms with Crippen molar-refractivity contribution in [1.82, 2.24) is 0 Å². The van der Waals surface area contributed by atoms with Crippen LogP contribution in [0.4, 0.5) is 10.1 Å². The van der Waals surface area contributed by atoms with Crippen molar-refractivity contribution in [3.8, 4) is 5.75 Å². The molecule has 2 aromatic rings. The van der Waals surface area contributed by atoms with E-state index >= 15 is 0 Å². The lowest BCUT2D eigenvalue weighted by Crippen LogP contribution is -2.15. The average Bonchev–Trinajstić information content (AvgIpc) is 2.50. The maximum Gasteiger partial charge on any atom is 0.307 e. The van der Waals surface area contributed by atoms with Gasteiger partial charge in [-0.2, -0.15) is 0 Å². The molecule has 0 aromatic heterocycles. The first-order chi connectivity index (χ1) is 11.2. The predicted molar refractivity (Wildman–Crippen MR) is 86.6 cm³/mol. The number of anilines is 1. The van der Waals surface area contributed by atoms with E-state index in [4.69, 9.17) is 21.4 Å². The molecule has 0 aliphatic heterocycles. The largest absolute Gasteiger partial charge is 0.495 e. The van der Waals surface area contributed by atoms with Crippen molar-refractivity contribution < 1.29 is 27.4 Å². The van der Waals surface area contributed by atoms with Crippen LogP contribution >= 0.6 is 11.6 Å². The molecular formula is C15H13ClFNO5S. The molecule has 2 aromatic carbocycles. The molecule has 128 valence electrons. The van der Waals surface area contributed by atoms with Gasteiger partial charge in [0, 0.05) is 0 Å². The molecule has 0 radical (unpaired) electrons. The molecule has 0 bridgehead atoms. The number of hydrogen-bond donors (Lipinski definition) is 2. The fraction of sp³-hybridized carbons (Fsp3) is 0.133. The van der Waals surface area contributed by atoms with Gasteiger partial charge in [-0.05, 0) is 35.9 Å². The molecule has 2 rings (SSSR count). The lowest BCUT2D eigenvalue weighted by Gasteiger charge is -2.13. The van der Waals surface area contributed by atoms with Gasteiger partial charge in [0.2, 0.25) is 0 Å². The molecule has 24 heavy (non-hydrogen) atoms. The van der Waals surface area contributed by atoms with Gasteiger partial charge in [0.25, 0.3) is 10.0 Å². The third-order valence-corrected chi connectivity index (χ3v) is 4.75. The highest BCUT2D eigenvalue weighted by Gasteiger charge is 2.21. The summed E-state index contributed by atoms with van der Waals surface area (Å²) in [6.45, 7) is 0. The van der Waals surface area contributed by atoms with Crippen LogP contribution in [0.15, 0.2) is 41.3 Å². The molecule has 0 aliphatic rings. The number of carboxylic acid groups (broad SMARTS) is 1. The molecule has 0 saturated carbocycles. The lowest BCUT2D eigenvalue weighted by atomic mass is 10.1. The summed E-state index contributed by atoms with van der Waals surface area (Å²) < 4.78 is 45.7. The van der Waals surface area contributed by atoms with Gasteiger partial charge >= 0.3 is 5.97 Å². The number of aliphatic carboxylic acids is 1. The highest BCUT2D eigenvalue weighted by molar-refractivity contribution is 7.92. The number of halogens is 2. The molecular weight excluding hydrogens is 361 g/mol. The second-order valence-corrected chi connectivity index (χ2v) is 6.85. The fourth-order valence-electron chi connectivity index (χ4n) is 1.99. The summed E-state index contributed by atoms with van der Waals surface area (Å²) in [6, 6.07) is 7.46. The van der Waals surface area contributed by atoms with Gasteiger partial charge in [-0.1, -0.05) is 17.7 Å². The number of ether oxygens (including phenoxy) is 1. The zero-order chi connectivity index (χ0) is 17.9. The van der Waals surface area contributed by atoms with Crippen LogP contribution in [0.2, 0.25) is 5.02 Å². The molecule has 0 aliphatic carbocycles. The van der Waals surface area contributed by atoms with Gasteiger partial charge in [-0.25, -0.2) is 12.8 Å². The van der Waals surface area contributed by atoms with E-state index < -0.39 is 21.8 Å². The van der Waals surface area contributed by atoms with Crippen LogP contribution < -0.4 is 9.46 Å². The number of benzene rings is 2. The van der Waals surface area contributed by atoms with Gasteiger partial charge < -0.3 is 9.84 Å². The Morgan fingerprint density at radius 1 is 1.29 bits per heavy atom. The molecule has 0 amide bonds. The van der Waals surface area contributed by atoms with Crippen molar-refractivity contribution in [2.24, 2.45) is 0 Å². The minimum atomic E-state index is -4.12. The summed E-state index contributed by atoms with van der Waals surface area (Å²) >= 11 is 5.56. The summed E-state index contributed by atoms with van der Waals surface area (Å²) in [5.74, 6) is -1.84. The third-order valence-electron chi connectivity index (χ3n) is 3.04. The first-order valence-corrected chi connectivity index (χ1v) is 8.45. The second kappa shape index (κ2) is 7.06. The predicted octanol–water partition coefficient (Wildman–Crippen LogP) is 2.92. The normalized spacial score (nSPS) is 11.1. The van der Waals surface area contributed by atoms with Gasteiger partial charge in [0.1, 0.15) is 16.5 Å². The number of hydrogen-bond acceptors (Lipinski definition) is 4. The van der Waals surface area contributed by atoms with Crippen LogP contribution in [0.5, 0.6) is 5.75 Å². The highest BCUT2D eigenvalue weighted by Crippen LogP contribution is 2.28. The molecule has 0 atom stereocenters. The van der Waals surface area contributed by atoms with Gasteiger partial charge in [0.05, 0.1) is 24.2 Å². The summed E-state index contributed by atoms with van der Waals surface area (Å²) in [4.78, 5) is 10.5. The molecule has 6 nitrogen and oxygen atoms in total. The average molecular weight is 374 g/mol. The van der Waals surface area contributed by atoms with E-state index in [1.54, 1.807) is 0 Å². The van der Waals surface area contributed by atoms with E-state index in [1.807, 2.05) is 0 Å². The summed E-state index contributed by atoms with van der Waals surface area (Å²) in [5, 5.41) is 8.69. The molecule has 0 heterocycles. The van der Waals surface area contributed by atoms with Crippen molar-refractivity contribution in [2.75, 3.05) is 11.8 Å². The zero-order valence-electron chi connectivity index (χ0n) is 12.4. The van der Waals surface area contributed by atoms with Crippen molar-refractivity contribution in [3.05, 3.63) is 52.8 Å². The molecule has 0 fully saturated rings. The van der Waals surface area contributed by atoms with E-state index in [-0.39, 0.29) is 33.3 Å². The van der Waals surface area contributed by atoms with Crippen LogP contribution in [0.1, 0.15) is 5.56 Å². The van der Waals surface area contributed by atoms with Crippen molar-refractivity contribution >= 4 is 33.3 Å². The third kappa shape index (κ3) is 4.15. The maximum absolute atomic E-state index is 13.5. The Morgan fingerprint density at radius 3 is 2.58 bits per heavy atom. The molecule has 0 saturated heterocycles. The Morgan fingerprint density at radius 2 is 2.00 bits per heavy atom. The maximum atomic E-state index is 13.5. The van der Waals surface area contributed by atoms with E-state index in [9.17, 15) is 17.6 Å². The number of rotatable bonds is 6. The van der Waals surface area contributed by atoms with Gasteiger partial charge in [-0.3, -0.25) is 9.52 Å². The van der Waals surface area contributed by atoms with Crippen LogP contribution in [-0.2, 0) is 21.2 Å². The Labute approximate surface area is 142 Å². The smallest absolute Gasteiger partial charge is 0.307 e.